The molecule has 2 aromatic heterocycles. The van der Waals surface area contributed by atoms with Gasteiger partial charge in [-0.2, -0.15) is 5.10 Å². The number of fused-ring (bicyclic) bond motifs is 1. The zero-order valence-electron chi connectivity index (χ0n) is 13.2. The van der Waals surface area contributed by atoms with Crippen molar-refractivity contribution in [3.8, 4) is 0 Å². The van der Waals surface area contributed by atoms with Crippen LogP contribution >= 0.6 is 0 Å². The van der Waals surface area contributed by atoms with Crippen molar-refractivity contribution in [3.05, 3.63) is 34.3 Å². The lowest BCUT2D eigenvalue weighted by atomic mass is 10.1. The van der Waals surface area contributed by atoms with E-state index in [4.69, 9.17) is 4.42 Å². The molecule has 0 saturated carbocycles. The maximum atomic E-state index is 12.2. The minimum absolute atomic E-state index is 0.227. The number of amides is 1. The van der Waals surface area contributed by atoms with Crippen LogP contribution in [0.5, 0.6) is 0 Å². The van der Waals surface area contributed by atoms with Crippen LogP contribution in [-0.2, 0) is 25.8 Å². The first-order chi connectivity index (χ1) is 10.7. The topological polar surface area (TPSA) is 83.8 Å². The summed E-state index contributed by atoms with van der Waals surface area (Å²) in [5, 5.41) is 10.4. The average Bonchev–Trinajstić information content (AvgIpc) is 3.00. The number of carbonyl (C=O) groups excluding carboxylic acids is 1. The predicted molar refractivity (Wildman–Crippen MR) is 81.6 cm³/mol. The SMILES string of the molecule is CCc1nc(C)c(C(=O)NCc2n[nH]c3c2CCCCC3)o1. The molecule has 0 unspecified atom stereocenters. The second-order valence-corrected chi connectivity index (χ2v) is 5.75. The van der Waals surface area contributed by atoms with Crippen LogP contribution in [-0.4, -0.2) is 21.1 Å². The quantitative estimate of drug-likeness (QED) is 0.850. The number of nitrogens with one attached hydrogen (secondary N) is 2. The van der Waals surface area contributed by atoms with Gasteiger partial charge in [-0.15, -0.1) is 0 Å². The minimum atomic E-state index is -0.227. The average molecular weight is 302 g/mol. The Hall–Kier alpha value is -2.11. The van der Waals surface area contributed by atoms with Crippen molar-refractivity contribution in [2.24, 2.45) is 0 Å². The van der Waals surface area contributed by atoms with Gasteiger partial charge in [0.2, 0.25) is 5.76 Å². The lowest BCUT2D eigenvalue weighted by molar-refractivity contribution is 0.0920. The van der Waals surface area contributed by atoms with E-state index < -0.39 is 0 Å². The van der Waals surface area contributed by atoms with Crippen molar-refractivity contribution in [2.45, 2.75) is 58.9 Å². The second-order valence-electron chi connectivity index (χ2n) is 5.75. The van der Waals surface area contributed by atoms with Gasteiger partial charge in [-0.3, -0.25) is 9.89 Å². The zero-order chi connectivity index (χ0) is 15.5. The maximum Gasteiger partial charge on any atom is 0.289 e. The lowest BCUT2D eigenvalue weighted by Gasteiger charge is -2.04. The van der Waals surface area contributed by atoms with E-state index in [1.165, 1.54) is 30.5 Å². The third-order valence-corrected chi connectivity index (χ3v) is 4.16. The fourth-order valence-corrected chi connectivity index (χ4v) is 2.93. The van der Waals surface area contributed by atoms with Crippen molar-refractivity contribution in [3.63, 3.8) is 0 Å². The van der Waals surface area contributed by atoms with Crippen molar-refractivity contribution in [1.82, 2.24) is 20.5 Å². The summed E-state index contributed by atoms with van der Waals surface area (Å²) in [6, 6.07) is 0. The highest BCUT2D eigenvalue weighted by Gasteiger charge is 2.19. The molecular formula is C16H22N4O2. The predicted octanol–water partition coefficient (Wildman–Crippen LogP) is 2.47. The molecule has 0 radical (unpaired) electrons. The molecule has 0 spiro atoms. The standard InChI is InChI=1S/C16H22N4O2/c1-3-14-18-10(2)15(22-14)16(21)17-9-13-11-7-5-4-6-8-12(11)19-20-13/h3-9H2,1-2H3,(H,17,21)(H,19,20). The van der Waals surface area contributed by atoms with Gasteiger partial charge in [-0.25, -0.2) is 4.98 Å². The van der Waals surface area contributed by atoms with Crippen LogP contribution in [0.15, 0.2) is 4.42 Å². The molecule has 0 saturated heterocycles. The molecule has 2 heterocycles. The van der Waals surface area contributed by atoms with Gasteiger partial charge in [0.05, 0.1) is 17.9 Å². The molecular weight excluding hydrogens is 280 g/mol. The fraction of sp³-hybridized carbons (Fsp3) is 0.562. The van der Waals surface area contributed by atoms with Crippen LogP contribution in [0.4, 0.5) is 0 Å². The van der Waals surface area contributed by atoms with Gasteiger partial charge < -0.3 is 9.73 Å². The number of H-pyrrole nitrogens is 1. The molecule has 3 rings (SSSR count). The molecule has 0 aliphatic heterocycles. The molecule has 6 nitrogen and oxygen atoms in total. The first-order valence-electron chi connectivity index (χ1n) is 7.98. The van der Waals surface area contributed by atoms with Gasteiger partial charge in [0, 0.05) is 12.1 Å². The highest BCUT2D eigenvalue weighted by atomic mass is 16.4. The summed E-state index contributed by atoms with van der Waals surface area (Å²) in [6.45, 7) is 4.16. The van der Waals surface area contributed by atoms with Crippen LogP contribution in [0.1, 0.15) is 65.3 Å². The summed E-state index contributed by atoms with van der Waals surface area (Å²) in [5.74, 6) is 0.671. The van der Waals surface area contributed by atoms with Gasteiger partial charge in [0.25, 0.3) is 5.91 Å². The molecule has 1 aliphatic rings. The van der Waals surface area contributed by atoms with E-state index in [9.17, 15) is 4.79 Å². The Bertz CT molecular complexity index is 672. The summed E-state index contributed by atoms with van der Waals surface area (Å²) in [4.78, 5) is 16.5. The number of carbonyl (C=O) groups is 1. The molecule has 0 fully saturated rings. The Labute approximate surface area is 129 Å². The molecule has 1 aliphatic carbocycles. The third kappa shape index (κ3) is 2.91. The number of hydrogen-bond donors (Lipinski definition) is 2. The van der Waals surface area contributed by atoms with Crippen molar-refractivity contribution >= 4 is 5.91 Å². The fourth-order valence-electron chi connectivity index (χ4n) is 2.93. The monoisotopic (exact) mass is 302 g/mol. The van der Waals surface area contributed by atoms with E-state index in [0.717, 1.165) is 18.5 Å². The number of rotatable bonds is 4. The van der Waals surface area contributed by atoms with Crippen LogP contribution < -0.4 is 5.32 Å². The van der Waals surface area contributed by atoms with Crippen molar-refractivity contribution < 1.29 is 9.21 Å². The number of oxazole rings is 1. The molecule has 0 bridgehead atoms. The van der Waals surface area contributed by atoms with Crippen molar-refractivity contribution in [1.29, 1.82) is 0 Å². The van der Waals surface area contributed by atoms with Crippen molar-refractivity contribution in [2.75, 3.05) is 0 Å². The van der Waals surface area contributed by atoms with Gasteiger partial charge in [0.15, 0.2) is 5.89 Å². The summed E-state index contributed by atoms with van der Waals surface area (Å²) in [5.41, 5.74) is 4.08. The Balaban J connectivity index is 1.68. The highest BCUT2D eigenvalue weighted by molar-refractivity contribution is 5.92. The molecule has 2 aromatic rings. The summed E-state index contributed by atoms with van der Waals surface area (Å²) in [7, 11) is 0. The number of hydrogen-bond acceptors (Lipinski definition) is 4. The maximum absolute atomic E-state index is 12.2. The first-order valence-corrected chi connectivity index (χ1v) is 7.98. The van der Waals surface area contributed by atoms with Gasteiger partial charge in [0.1, 0.15) is 0 Å². The van der Waals surface area contributed by atoms with Gasteiger partial charge >= 0.3 is 0 Å². The minimum Gasteiger partial charge on any atom is -0.435 e. The molecule has 0 atom stereocenters. The Morgan fingerprint density at radius 2 is 2.14 bits per heavy atom. The molecule has 118 valence electrons. The van der Waals surface area contributed by atoms with Crippen LogP contribution in [0.2, 0.25) is 0 Å². The second kappa shape index (κ2) is 6.34. The van der Waals surface area contributed by atoms with Crippen LogP contribution in [0.25, 0.3) is 0 Å². The zero-order valence-corrected chi connectivity index (χ0v) is 13.2. The number of nitrogens with zero attached hydrogens (tertiary/aromatic N) is 2. The summed E-state index contributed by atoms with van der Waals surface area (Å²) >= 11 is 0. The first kappa shape index (κ1) is 14.8. The smallest absolute Gasteiger partial charge is 0.289 e. The third-order valence-electron chi connectivity index (χ3n) is 4.16. The van der Waals surface area contributed by atoms with Gasteiger partial charge in [-0.1, -0.05) is 13.3 Å². The van der Waals surface area contributed by atoms with E-state index in [1.54, 1.807) is 6.92 Å². The van der Waals surface area contributed by atoms with Crippen LogP contribution in [0, 0.1) is 6.92 Å². The Morgan fingerprint density at radius 3 is 2.91 bits per heavy atom. The largest absolute Gasteiger partial charge is 0.435 e. The molecule has 1 amide bonds. The van der Waals surface area contributed by atoms with E-state index >= 15 is 0 Å². The van der Waals surface area contributed by atoms with E-state index in [-0.39, 0.29) is 5.91 Å². The Kier molecular flexibility index (Phi) is 4.27. The highest BCUT2D eigenvalue weighted by Crippen LogP contribution is 2.21. The molecule has 2 N–H and O–H groups in total. The number of aromatic amines is 1. The molecule has 6 heteroatoms. The normalized spacial score (nSPS) is 14.5. The Morgan fingerprint density at radius 1 is 1.32 bits per heavy atom. The number of aryl methyl sites for hydroxylation is 3. The van der Waals surface area contributed by atoms with Crippen LogP contribution in [0.3, 0.4) is 0 Å². The molecule has 22 heavy (non-hydrogen) atoms. The molecule has 0 aromatic carbocycles. The summed E-state index contributed by atoms with van der Waals surface area (Å²) in [6.07, 6.45) is 6.43. The lowest BCUT2D eigenvalue weighted by Crippen LogP contribution is -2.23. The van der Waals surface area contributed by atoms with Gasteiger partial charge in [-0.05, 0) is 38.2 Å². The van der Waals surface area contributed by atoms with E-state index in [0.29, 0.717) is 30.3 Å². The van der Waals surface area contributed by atoms with E-state index in [2.05, 4.69) is 20.5 Å². The number of aromatic nitrogens is 3. The van der Waals surface area contributed by atoms with E-state index in [1.807, 2.05) is 6.92 Å². The summed E-state index contributed by atoms with van der Waals surface area (Å²) < 4.78 is 5.48.